The van der Waals surface area contributed by atoms with Gasteiger partial charge in [0.1, 0.15) is 5.82 Å². The predicted molar refractivity (Wildman–Crippen MR) is 79.2 cm³/mol. The van der Waals surface area contributed by atoms with Crippen molar-refractivity contribution >= 4 is 39.1 Å². The number of hydrogen-bond acceptors (Lipinski definition) is 3. The van der Waals surface area contributed by atoms with E-state index < -0.39 is 0 Å². The van der Waals surface area contributed by atoms with Crippen molar-refractivity contribution < 1.29 is 4.39 Å². The van der Waals surface area contributed by atoms with E-state index in [0.717, 1.165) is 17.9 Å². The van der Waals surface area contributed by atoms with Gasteiger partial charge in [-0.3, -0.25) is 0 Å². The zero-order chi connectivity index (χ0) is 12.8. The normalized spacial score (nSPS) is 12.5. The average Bonchev–Trinajstić information content (AvgIpc) is 2.26. The van der Waals surface area contributed by atoms with E-state index in [4.69, 9.17) is 5.73 Å². The van der Waals surface area contributed by atoms with Gasteiger partial charge in [0.15, 0.2) is 0 Å². The zero-order valence-electron chi connectivity index (χ0n) is 10.1. The first-order valence-corrected chi connectivity index (χ1v) is 7.58. The summed E-state index contributed by atoms with van der Waals surface area (Å²) in [6.45, 7) is 4.22. The quantitative estimate of drug-likeness (QED) is 0.611. The highest BCUT2D eigenvalue weighted by Gasteiger charge is 2.08. The molecule has 1 aromatic carbocycles. The van der Waals surface area contributed by atoms with Crippen LogP contribution >= 0.6 is 27.7 Å². The molecule has 0 spiro atoms. The molecule has 0 amide bonds. The zero-order valence-corrected chi connectivity index (χ0v) is 12.5. The fourth-order valence-corrected chi connectivity index (χ4v) is 2.60. The lowest BCUT2D eigenvalue weighted by Gasteiger charge is -2.17. The van der Waals surface area contributed by atoms with Gasteiger partial charge in [0.25, 0.3) is 0 Å². The number of nitrogen functional groups attached to an aromatic ring is 1. The molecule has 1 unspecified atom stereocenters. The molecule has 2 nitrogen and oxygen atoms in total. The van der Waals surface area contributed by atoms with E-state index in [1.807, 2.05) is 11.8 Å². The van der Waals surface area contributed by atoms with Crippen molar-refractivity contribution in [1.82, 2.24) is 0 Å². The Kier molecular flexibility index (Phi) is 6.12. The van der Waals surface area contributed by atoms with E-state index >= 15 is 0 Å². The summed E-state index contributed by atoms with van der Waals surface area (Å²) < 4.78 is 13.8. The van der Waals surface area contributed by atoms with Crippen LogP contribution in [0.1, 0.15) is 20.3 Å². The van der Waals surface area contributed by atoms with Crippen LogP contribution in [0, 0.1) is 5.82 Å². The molecule has 0 saturated carbocycles. The summed E-state index contributed by atoms with van der Waals surface area (Å²) in [6, 6.07) is 3.31. The molecule has 0 fully saturated rings. The first-order valence-electron chi connectivity index (χ1n) is 5.63. The van der Waals surface area contributed by atoms with Crippen LogP contribution in [-0.2, 0) is 0 Å². The topological polar surface area (TPSA) is 38.0 Å². The fraction of sp³-hybridized carbons (Fsp3) is 0.500. The predicted octanol–water partition coefficient (Wildman–Crippen LogP) is 4.11. The monoisotopic (exact) mass is 320 g/mol. The second-order valence-electron chi connectivity index (χ2n) is 3.88. The molecule has 0 aliphatic heterocycles. The number of hydrogen-bond donors (Lipinski definition) is 2. The molecule has 17 heavy (non-hydrogen) atoms. The molecule has 1 rings (SSSR count). The smallest absolute Gasteiger partial charge is 0.139 e. The maximum Gasteiger partial charge on any atom is 0.139 e. The Morgan fingerprint density at radius 2 is 2.24 bits per heavy atom. The van der Waals surface area contributed by atoms with Crippen molar-refractivity contribution in [3.63, 3.8) is 0 Å². The van der Waals surface area contributed by atoms with E-state index in [9.17, 15) is 4.39 Å². The number of thioether (sulfide) groups is 1. The van der Waals surface area contributed by atoms with Crippen LogP contribution < -0.4 is 11.1 Å². The third-order valence-electron chi connectivity index (χ3n) is 2.39. The largest absolute Gasteiger partial charge is 0.397 e. The molecule has 0 saturated heterocycles. The van der Waals surface area contributed by atoms with Gasteiger partial charge >= 0.3 is 0 Å². The van der Waals surface area contributed by atoms with Gasteiger partial charge in [0.2, 0.25) is 0 Å². The molecule has 0 aliphatic rings. The molecule has 1 atom stereocenters. The van der Waals surface area contributed by atoms with Crippen molar-refractivity contribution in [2.45, 2.75) is 26.3 Å². The molecule has 5 heteroatoms. The Labute approximate surface area is 115 Å². The third kappa shape index (κ3) is 4.76. The number of benzene rings is 1. The maximum atomic E-state index is 13.4. The van der Waals surface area contributed by atoms with Crippen molar-refractivity contribution in [1.29, 1.82) is 0 Å². The molecule has 0 radical (unpaired) electrons. The van der Waals surface area contributed by atoms with Gasteiger partial charge < -0.3 is 11.1 Å². The van der Waals surface area contributed by atoms with E-state index in [1.165, 1.54) is 6.07 Å². The van der Waals surface area contributed by atoms with Gasteiger partial charge in [-0.05, 0) is 46.8 Å². The van der Waals surface area contributed by atoms with Crippen molar-refractivity contribution in [2.24, 2.45) is 0 Å². The molecular weight excluding hydrogens is 303 g/mol. The van der Waals surface area contributed by atoms with E-state index in [1.54, 1.807) is 6.07 Å². The molecule has 0 bridgehead atoms. The van der Waals surface area contributed by atoms with Crippen molar-refractivity contribution in [3.8, 4) is 0 Å². The number of nitrogens with one attached hydrogen (secondary N) is 1. The number of halogens is 2. The average molecular weight is 321 g/mol. The molecule has 0 aromatic heterocycles. The highest BCUT2D eigenvalue weighted by Crippen LogP contribution is 2.27. The van der Waals surface area contributed by atoms with Gasteiger partial charge in [0, 0.05) is 12.1 Å². The summed E-state index contributed by atoms with van der Waals surface area (Å²) in [5.74, 6) is 1.93. The van der Waals surface area contributed by atoms with Gasteiger partial charge in [-0.1, -0.05) is 6.92 Å². The van der Waals surface area contributed by atoms with Crippen LogP contribution in [-0.4, -0.2) is 17.5 Å². The first-order chi connectivity index (χ1) is 8.04. The van der Waals surface area contributed by atoms with E-state index in [2.05, 4.69) is 35.1 Å². The van der Waals surface area contributed by atoms with Crippen LogP contribution in [0.4, 0.5) is 15.8 Å². The number of nitrogens with two attached hydrogens (primary N) is 1. The van der Waals surface area contributed by atoms with Crippen LogP contribution in [0.2, 0.25) is 0 Å². The second-order valence-corrected chi connectivity index (χ2v) is 6.13. The molecule has 1 aromatic rings. The molecule has 96 valence electrons. The van der Waals surface area contributed by atoms with E-state index in [0.29, 0.717) is 15.8 Å². The van der Waals surface area contributed by atoms with Gasteiger partial charge in [-0.25, -0.2) is 4.39 Å². The summed E-state index contributed by atoms with van der Waals surface area (Å²) in [7, 11) is 0. The minimum atomic E-state index is -0.295. The van der Waals surface area contributed by atoms with Crippen molar-refractivity contribution in [3.05, 3.63) is 22.4 Å². The SMILES string of the molecule is CCSCCC(C)Nc1cc(F)c(Br)cc1N. The Balaban J connectivity index is 2.58. The third-order valence-corrected chi connectivity index (χ3v) is 3.93. The first kappa shape index (κ1) is 14.6. The molecule has 0 heterocycles. The summed E-state index contributed by atoms with van der Waals surface area (Å²) in [6.07, 6.45) is 1.04. The molecule has 3 N–H and O–H groups in total. The van der Waals surface area contributed by atoms with Crippen LogP contribution in [0.15, 0.2) is 16.6 Å². The Morgan fingerprint density at radius 1 is 1.53 bits per heavy atom. The van der Waals surface area contributed by atoms with E-state index in [-0.39, 0.29) is 11.9 Å². The molecular formula is C12H18BrFN2S. The Bertz CT molecular complexity index is 374. The summed E-state index contributed by atoms with van der Waals surface area (Å²) in [5, 5.41) is 3.24. The fourth-order valence-electron chi connectivity index (χ4n) is 1.43. The second kappa shape index (κ2) is 7.11. The van der Waals surface area contributed by atoms with Crippen molar-refractivity contribution in [2.75, 3.05) is 22.6 Å². The minimum absolute atomic E-state index is 0.289. The standard InChI is InChI=1S/C12H18BrFN2S/c1-3-17-5-4-8(2)16-12-7-10(14)9(13)6-11(12)15/h6-8,16H,3-5,15H2,1-2H3. The maximum absolute atomic E-state index is 13.4. The van der Waals surface area contributed by atoms with Crippen LogP contribution in [0.25, 0.3) is 0 Å². The minimum Gasteiger partial charge on any atom is -0.397 e. The Hall–Kier alpha value is -0.420. The lowest BCUT2D eigenvalue weighted by molar-refractivity contribution is 0.621. The van der Waals surface area contributed by atoms with Gasteiger partial charge in [-0.2, -0.15) is 11.8 Å². The summed E-state index contributed by atoms with van der Waals surface area (Å²) >= 11 is 5.02. The van der Waals surface area contributed by atoms with Gasteiger partial charge in [0.05, 0.1) is 15.8 Å². The molecule has 0 aliphatic carbocycles. The lowest BCUT2D eigenvalue weighted by atomic mass is 10.2. The van der Waals surface area contributed by atoms with Crippen LogP contribution in [0.5, 0.6) is 0 Å². The highest BCUT2D eigenvalue weighted by molar-refractivity contribution is 9.10. The highest BCUT2D eigenvalue weighted by atomic mass is 79.9. The number of anilines is 2. The van der Waals surface area contributed by atoms with Crippen LogP contribution in [0.3, 0.4) is 0 Å². The van der Waals surface area contributed by atoms with Gasteiger partial charge in [-0.15, -0.1) is 0 Å². The summed E-state index contributed by atoms with van der Waals surface area (Å²) in [5.41, 5.74) is 7.06. The summed E-state index contributed by atoms with van der Waals surface area (Å²) in [4.78, 5) is 0. The Morgan fingerprint density at radius 3 is 2.88 bits per heavy atom. The lowest BCUT2D eigenvalue weighted by Crippen LogP contribution is -2.17. The number of rotatable bonds is 6.